The molecule has 0 bridgehead atoms. The van der Waals surface area contributed by atoms with E-state index in [1.807, 2.05) is 45.9 Å². The molecular formula is C21H36O. The lowest BCUT2D eigenvalue weighted by molar-refractivity contribution is 0.429. The highest BCUT2D eigenvalue weighted by molar-refractivity contribution is 5.37. The van der Waals surface area contributed by atoms with Crippen molar-refractivity contribution in [3.8, 4) is 5.75 Å². The number of benzene rings is 1. The smallest absolute Gasteiger partial charge is 0.130 e. The van der Waals surface area contributed by atoms with Gasteiger partial charge in [-0.1, -0.05) is 71.4 Å². The fourth-order valence-electron chi connectivity index (χ4n) is 1.89. The van der Waals surface area contributed by atoms with Crippen molar-refractivity contribution < 1.29 is 4.74 Å². The monoisotopic (exact) mass is 304 g/mol. The summed E-state index contributed by atoms with van der Waals surface area (Å²) in [7, 11) is 0. The van der Waals surface area contributed by atoms with Gasteiger partial charge in [0.25, 0.3) is 0 Å². The van der Waals surface area contributed by atoms with E-state index in [-0.39, 0.29) is 0 Å². The summed E-state index contributed by atoms with van der Waals surface area (Å²) in [6.45, 7) is 20.6. The Bertz CT molecular complexity index is 437. The molecule has 126 valence electrons. The third-order valence-corrected chi connectivity index (χ3v) is 3.05. The number of rotatable bonds is 6. The molecule has 1 aromatic carbocycles. The predicted octanol–water partition coefficient (Wildman–Crippen LogP) is 7.47. The fraction of sp³-hybridized carbons (Fsp3) is 0.524. The van der Waals surface area contributed by atoms with E-state index >= 15 is 0 Å². The van der Waals surface area contributed by atoms with E-state index in [0.29, 0.717) is 0 Å². The maximum Gasteiger partial charge on any atom is 0.130 e. The Hall–Kier alpha value is -1.50. The molecule has 0 aromatic heterocycles. The molecule has 1 heteroatoms. The molecule has 1 nitrogen and oxygen atoms in total. The average Bonchev–Trinajstić information content (AvgIpc) is 2.53. The Balaban J connectivity index is 0. The zero-order valence-electron chi connectivity index (χ0n) is 16.0. The topological polar surface area (TPSA) is 9.23 Å². The van der Waals surface area contributed by atoms with Crippen molar-refractivity contribution in [1.82, 2.24) is 0 Å². The molecule has 0 unspecified atom stereocenters. The van der Waals surface area contributed by atoms with Crippen molar-refractivity contribution in [2.24, 2.45) is 0 Å². The van der Waals surface area contributed by atoms with Gasteiger partial charge in [-0.3, -0.25) is 0 Å². The molecule has 22 heavy (non-hydrogen) atoms. The van der Waals surface area contributed by atoms with Crippen molar-refractivity contribution in [2.75, 3.05) is 0 Å². The van der Waals surface area contributed by atoms with Crippen molar-refractivity contribution in [1.29, 1.82) is 0 Å². The van der Waals surface area contributed by atoms with E-state index in [0.717, 1.165) is 23.5 Å². The van der Waals surface area contributed by atoms with Crippen molar-refractivity contribution in [3.63, 3.8) is 0 Å². The van der Waals surface area contributed by atoms with Gasteiger partial charge in [0.1, 0.15) is 11.5 Å². The Morgan fingerprint density at radius 2 is 1.59 bits per heavy atom. The van der Waals surface area contributed by atoms with Crippen LogP contribution in [0.4, 0.5) is 0 Å². The molecule has 0 radical (unpaired) electrons. The fourth-order valence-corrected chi connectivity index (χ4v) is 1.89. The van der Waals surface area contributed by atoms with Gasteiger partial charge in [0, 0.05) is 0 Å². The van der Waals surface area contributed by atoms with Crippen LogP contribution in [0.1, 0.15) is 73.3 Å². The largest absolute Gasteiger partial charge is 0.457 e. The third-order valence-electron chi connectivity index (χ3n) is 3.05. The van der Waals surface area contributed by atoms with E-state index in [4.69, 9.17) is 4.74 Å². The number of aryl methyl sites for hydroxylation is 1. The van der Waals surface area contributed by atoms with E-state index in [2.05, 4.69) is 40.3 Å². The van der Waals surface area contributed by atoms with Gasteiger partial charge < -0.3 is 4.74 Å². The first-order chi connectivity index (χ1) is 10.6. The van der Waals surface area contributed by atoms with Crippen molar-refractivity contribution in [3.05, 3.63) is 53.3 Å². The van der Waals surface area contributed by atoms with Crippen LogP contribution >= 0.6 is 0 Å². The van der Waals surface area contributed by atoms with Crippen LogP contribution in [0.15, 0.2) is 47.7 Å². The average molecular weight is 305 g/mol. The number of hydrogen-bond acceptors (Lipinski definition) is 1. The van der Waals surface area contributed by atoms with Crippen LogP contribution in [-0.2, 0) is 0 Å². The summed E-state index contributed by atoms with van der Waals surface area (Å²) in [4.78, 5) is 0. The van der Waals surface area contributed by atoms with Gasteiger partial charge in [-0.15, -0.1) is 0 Å². The van der Waals surface area contributed by atoms with Gasteiger partial charge in [0.05, 0.1) is 0 Å². The lowest BCUT2D eigenvalue weighted by Crippen LogP contribution is -2.01. The Labute approximate surface area is 139 Å². The standard InChI is InChI=1S/C17H24O.2C2H6/c1-6-7-11-16(13(2)3)15(5)18-17-12-9-8-10-14(17)4;2*1-2/h8-10,12H,5-7,11H2,1-4H3;2*1-2H3. The van der Waals surface area contributed by atoms with E-state index in [9.17, 15) is 0 Å². The minimum Gasteiger partial charge on any atom is -0.457 e. The Morgan fingerprint density at radius 3 is 2.05 bits per heavy atom. The van der Waals surface area contributed by atoms with Crippen molar-refractivity contribution in [2.45, 2.75) is 74.7 Å². The first-order valence-electron chi connectivity index (χ1n) is 8.65. The molecule has 1 rings (SSSR count). The van der Waals surface area contributed by atoms with E-state index < -0.39 is 0 Å². The predicted molar refractivity (Wildman–Crippen MR) is 102 cm³/mol. The first kappa shape index (κ1) is 22.8. The van der Waals surface area contributed by atoms with Crippen LogP contribution < -0.4 is 4.74 Å². The van der Waals surface area contributed by atoms with E-state index in [1.165, 1.54) is 24.0 Å². The number of allylic oxidation sites excluding steroid dienone is 2. The zero-order chi connectivity index (χ0) is 17.5. The highest BCUT2D eigenvalue weighted by Crippen LogP contribution is 2.25. The Kier molecular flexibility index (Phi) is 14.9. The van der Waals surface area contributed by atoms with Gasteiger partial charge in [-0.05, 0) is 50.8 Å². The zero-order valence-corrected chi connectivity index (χ0v) is 16.0. The minimum atomic E-state index is 0.790. The van der Waals surface area contributed by atoms with Crippen LogP contribution in [0.3, 0.4) is 0 Å². The van der Waals surface area contributed by atoms with Crippen LogP contribution in [0, 0.1) is 6.92 Å². The second-order valence-corrected chi connectivity index (χ2v) is 4.87. The summed E-state index contributed by atoms with van der Waals surface area (Å²) >= 11 is 0. The highest BCUT2D eigenvalue weighted by atomic mass is 16.5. The molecule has 0 aliphatic rings. The summed E-state index contributed by atoms with van der Waals surface area (Å²) in [5.41, 5.74) is 3.68. The van der Waals surface area contributed by atoms with Gasteiger partial charge >= 0.3 is 0 Å². The molecule has 0 fully saturated rings. The van der Waals surface area contributed by atoms with Crippen LogP contribution in [-0.4, -0.2) is 0 Å². The Morgan fingerprint density at radius 1 is 1.05 bits per heavy atom. The quantitative estimate of drug-likeness (QED) is 0.391. The van der Waals surface area contributed by atoms with Gasteiger partial charge in [-0.25, -0.2) is 0 Å². The third kappa shape index (κ3) is 8.71. The molecule has 0 heterocycles. The molecule has 0 aliphatic carbocycles. The summed E-state index contributed by atoms with van der Waals surface area (Å²) in [6.07, 6.45) is 3.41. The number of unbranched alkanes of at least 4 members (excludes halogenated alkanes) is 1. The van der Waals surface area contributed by atoms with Crippen LogP contribution in [0.5, 0.6) is 5.75 Å². The minimum absolute atomic E-state index is 0.790. The molecule has 0 saturated carbocycles. The summed E-state index contributed by atoms with van der Waals surface area (Å²) in [6, 6.07) is 8.05. The second-order valence-electron chi connectivity index (χ2n) is 4.87. The maximum absolute atomic E-state index is 5.91. The van der Waals surface area contributed by atoms with E-state index in [1.54, 1.807) is 0 Å². The van der Waals surface area contributed by atoms with Gasteiger partial charge in [0.15, 0.2) is 0 Å². The molecule has 1 aromatic rings. The molecule has 0 amide bonds. The van der Waals surface area contributed by atoms with Gasteiger partial charge in [-0.2, -0.15) is 0 Å². The van der Waals surface area contributed by atoms with Crippen molar-refractivity contribution >= 4 is 0 Å². The maximum atomic E-state index is 5.91. The normalized spacial score (nSPS) is 8.73. The molecule has 0 aliphatic heterocycles. The molecule has 0 atom stereocenters. The second kappa shape index (κ2) is 14.4. The highest BCUT2D eigenvalue weighted by Gasteiger charge is 2.08. The summed E-state index contributed by atoms with van der Waals surface area (Å²) in [5.74, 6) is 1.69. The SMILES string of the molecule is C=C(Oc1ccccc1C)C(CCCC)=C(C)C.CC.CC. The molecule has 0 spiro atoms. The van der Waals surface area contributed by atoms with Gasteiger partial charge in [0.2, 0.25) is 0 Å². The molecule has 0 N–H and O–H groups in total. The molecular weight excluding hydrogens is 268 g/mol. The molecule has 0 saturated heterocycles. The van der Waals surface area contributed by atoms with Crippen LogP contribution in [0.2, 0.25) is 0 Å². The summed E-state index contributed by atoms with van der Waals surface area (Å²) < 4.78 is 5.91. The number of ether oxygens (including phenoxy) is 1. The lowest BCUT2D eigenvalue weighted by atomic mass is 10.0. The lowest BCUT2D eigenvalue weighted by Gasteiger charge is -2.15. The first-order valence-corrected chi connectivity index (χ1v) is 8.65. The number of hydrogen-bond donors (Lipinski definition) is 0. The van der Waals surface area contributed by atoms with Crippen LogP contribution in [0.25, 0.3) is 0 Å². The number of para-hydroxylation sites is 1. The summed E-state index contributed by atoms with van der Waals surface area (Å²) in [5, 5.41) is 0.